The Hall–Kier alpha value is -1.75. The molecule has 2 heterocycles. The maximum atomic E-state index is 11.6. The van der Waals surface area contributed by atoms with E-state index in [0.29, 0.717) is 12.2 Å². The lowest BCUT2D eigenvalue weighted by molar-refractivity contribution is 0.0946. The third kappa shape index (κ3) is 2.43. The third-order valence-electron chi connectivity index (χ3n) is 2.20. The molecule has 0 fully saturated rings. The zero-order valence-electron chi connectivity index (χ0n) is 8.80. The van der Waals surface area contributed by atoms with Crippen molar-refractivity contribution in [1.82, 2.24) is 15.3 Å². The second-order valence-electron chi connectivity index (χ2n) is 3.32. The first kappa shape index (κ1) is 10.8. The normalized spacial score (nSPS) is 10.1. The van der Waals surface area contributed by atoms with Crippen LogP contribution in [0, 0.1) is 6.92 Å². The maximum absolute atomic E-state index is 11.6. The van der Waals surface area contributed by atoms with Crippen LogP contribution in [0.3, 0.4) is 0 Å². The van der Waals surface area contributed by atoms with E-state index in [1.807, 2.05) is 19.1 Å². The lowest BCUT2D eigenvalue weighted by Gasteiger charge is -2.05. The van der Waals surface area contributed by atoms with Crippen LogP contribution >= 0.6 is 11.3 Å². The van der Waals surface area contributed by atoms with Crippen molar-refractivity contribution in [1.29, 1.82) is 0 Å². The van der Waals surface area contributed by atoms with Gasteiger partial charge in [-0.05, 0) is 18.6 Å². The van der Waals surface area contributed by atoms with E-state index in [1.54, 1.807) is 17.1 Å². The summed E-state index contributed by atoms with van der Waals surface area (Å²) in [6, 6.07) is 3.85. The van der Waals surface area contributed by atoms with Crippen molar-refractivity contribution < 1.29 is 4.79 Å². The number of carbonyl (C=O) groups excluding carboxylic acids is 1. The molecule has 1 amide bonds. The number of carbonyl (C=O) groups is 1. The highest BCUT2D eigenvalue weighted by atomic mass is 32.1. The summed E-state index contributed by atoms with van der Waals surface area (Å²) in [5.74, 6) is -0.161. The zero-order valence-corrected chi connectivity index (χ0v) is 9.62. The average molecular weight is 233 g/mol. The number of aryl methyl sites for hydroxylation is 1. The predicted octanol–water partition coefficient (Wildman–Crippen LogP) is 1.78. The molecule has 0 atom stereocenters. The Morgan fingerprint density at radius 2 is 2.38 bits per heavy atom. The van der Waals surface area contributed by atoms with Gasteiger partial charge in [0.15, 0.2) is 0 Å². The van der Waals surface area contributed by atoms with Crippen molar-refractivity contribution in [3.63, 3.8) is 0 Å². The molecule has 82 valence electrons. The summed E-state index contributed by atoms with van der Waals surface area (Å²) in [6.45, 7) is 2.40. The highest BCUT2D eigenvalue weighted by Crippen LogP contribution is 2.04. The predicted molar refractivity (Wildman–Crippen MR) is 62.3 cm³/mol. The van der Waals surface area contributed by atoms with E-state index >= 15 is 0 Å². The highest BCUT2D eigenvalue weighted by molar-refractivity contribution is 7.07. The van der Waals surface area contributed by atoms with Gasteiger partial charge in [0, 0.05) is 11.6 Å². The van der Waals surface area contributed by atoms with E-state index in [2.05, 4.69) is 15.3 Å². The molecule has 2 rings (SSSR count). The van der Waals surface area contributed by atoms with Crippen LogP contribution in [0.5, 0.6) is 0 Å². The van der Waals surface area contributed by atoms with E-state index < -0.39 is 0 Å². The summed E-state index contributed by atoms with van der Waals surface area (Å²) < 4.78 is 0. The Kier molecular flexibility index (Phi) is 3.26. The summed E-state index contributed by atoms with van der Waals surface area (Å²) in [5.41, 5.74) is 4.05. The molecule has 16 heavy (non-hydrogen) atoms. The van der Waals surface area contributed by atoms with Gasteiger partial charge in [0.1, 0.15) is 5.69 Å². The largest absolute Gasteiger partial charge is 0.345 e. The Morgan fingerprint density at radius 1 is 1.50 bits per heavy atom. The van der Waals surface area contributed by atoms with E-state index in [-0.39, 0.29) is 5.91 Å². The maximum Gasteiger partial charge on any atom is 0.271 e. The van der Waals surface area contributed by atoms with Gasteiger partial charge in [0.25, 0.3) is 5.91 Å². The number of amides is 1. The lowest BCUT2D eigenvalue weighted by Crippen LogP contribution is -2.23. The van der Waals surface area contributed by atoms with Gasteiger partial charge in [-0.1, -0.05) is 6.07 Å². The van der Waals surface area contributed by atoms with E-state index in [0.717, 1.165) is 11.3 Å². The Balaban J connectivity index is 1.98. The number of hydrogen-bond donors (Lipinski definition) is 1. The molecule has 0 aliphatic carbocycles. The summed E-state index contributed by atoms with van der Waals surface area (Å²) in [5, 5.41) is 4.51. The smallest absolute Gasteiger partial charge is 0.271 e. The molecule has 0 aromatic carbocycles. The molecule has 0 spiro atoms. The molecular formula is C11H11N3OS. The van der Waals surface area contributed by atoms with Crippen LogP contribution in [0.15, 0.2) is 29.2 Å². The third-order valence-corrected chi connectivity index (χ3v) is 2.79. The first-order valence-electron chi connectivity index (χ1n) is 4.84. The topological polar surface area (TPSA) is 54.9 Å². The Labute approximate surface area is 97.4 Å². The average Bonchev–Trinajstić information content (AvgIpc) is 2.81. The van der Waals surface area contributed by atoms with Crippen molar-refractivity contribution >= 4 is 17.2 Å². The van der Waals surface area contributed by atoms with Gasteiger partial charge in [-0.25, -0.2) is 4.98 Å². The zero-order chi connectivity index (χ0) is 11.4. The van der Waals surface area contributed by atoms with Crippen molar-refractivity contribution in [2.45, 2.75) is 13.5 Å². The number of aromatic nitrogens is 2. The molecule has 0 saturated heterocycles. The number of hydrogen-bond acceptors (Lipinski definition) is 4. The van der Waals surface area contributed by atoms with Crippen LogP contribution in [0.4, 0.5) is 0 Å². The number of thiazole rings is 1. The molecule has 2 aromatic rings. The van der Waals surface area contributed by atoms with Crippen LogP contribution < -0.4 is 5.32 Å². The number of rotatable bonds is 3. The van der Waals surface area contributed by atoms with E-state index in [4.69, 9.17) is 0 Å². The van der Waals surface area contributed by atoms with Crippen molar-refractivity contribution in [3.05, 3.63) is 46.2 Å². The molecule has 0 bridgehead atoms. The van der Waals surface area contributed by atoms with Crippen LogP contribution in [-0.2, 0) is 6.54 Å². The number of nitrogens with zero attached hydrogens (tertiary/aromatic N) is 2. The van der Waals surface area contributed by atoms with Gasteiger partial charge < -0.3 is 5.32 Å². The molecule has 0 radical (unpaired) electrons. The summed E-state index contributed by atoms with van der Waals surface area (Å²) >= 11 is 1.41. The lowest BCUT2D eigenvalue weighted by atomic mass is 10.2. The van der Waals surface area contributed by atoms with E-state index in [9.17, 15) is 4.79 Å². The van der Waals surface area contributed by atoms with Crippen LogP contribution in [-0.4, -0.2) is 15.9 Å². The molecular weight excluding hydrogens is 222 g/mol. The first-order valence-corrected chi connectivity index (χ1v) is 5.78. The molecule has 1 N–H and O–H groups in total. The standard InChI is InChI=1S/C11H11N3OS/c1-8-3-2-4-12-9(8)5-13-11(15)10-6-16-7-14-10/h2-4,6-7H,5H2,1H3,(H,13,15). The second kappa shape index (κ2) is 4.85. The number of nitrogens with one attached hydrogen (secondary N) is 1. The minimum Gasteiger partial charge on any atom is -0.345 e. The molecule has 4 nitrogen and oxygen atoms in total. The van der Waals surface area contributed by atoms with E-state index in [1.165, 1.54) is 11.3 Å². The highest BCUT2D eigenvalue weighted by Gasteiger charge is 2.07. The minimum absolute atomic E-state index is 0.161. The molecule has 0 aliphatic rings. The van der Waals surface area contributed by atoms with Crippen LogP contribution in [0.1, 0.15) is 21.7 Å². The van der Waals surface area contributed by atoms with Gasteiger partial charge in [-0.2, -0.15) is 0 Å². The Morgan fingerprint density at radius 3 is 3.06 bits per heavy atom. The quantitative estimate of drug-likeness (QED) is 0.879. The fraction of sp³-hybridized carbons (Fsp3) is 0.182. The van der Waals surface area contributed by atoms with Crippen LogP contribution in [0.25, 0.3) is 0 Å². The molecule has 0 saturated carbocycles. The van der Waals surface area contributed by atoms with Gasteiger partial charge in [-0.3, -0.25) is 9.78 Å². The minimum atomic E-state index is -0.161. The summed E-state index contributed by atoms with van der Waals surface area (Å²) in [7, 11) is 0. The van der Waals surface area contributed by atoms with Crippen LogP contribution in [0.2, 0.25) is 0 Å². The monoisotopic (exact) mass is 233 g/mol. The Bertz CT molecular complexity index is 482. The van der Waals surface area contributed by atoms with Crippen molar-refractivity contribution in [3.8, 4) is 0 Å². The van der Waals surface area contributed by atoms with Gasteiger partial charge in [0.05, 0.1) is 17.7 Å². The SMILES string of the molecule is Cc1cccnc1CNC(=O)c1cscn1. The second-order valence-corrected chi connectivity index (χ2v) is 4.04. The number of pyridine rings is 1. The summed E-state index contributed by atoms with van der Waals surface area (Å²) in [6.07, 6.45) is 1.72. The van der Waals surface area contributed by atoms with Crippen molar-refractivity contribution in [2.75, 3.05) is 0 Å². The first-order chi connectivity index (χ1) is 7.77. The molecule has 5 heteroatoms. The fourth-order valence-electron chi connectivity index (χ4n) is 1.28. The van der Waals surface area contributed by atoms with Gasteiger partial charge in [0.2, 0.25) is 0 Å². The van der Waals surface area contributed by atoms with Gasteiger partial charge >= 0.3 is 0 Å². The molecule has 2 aromatic heterocycles. The fourth-order valence-corrected chi connectivity index (χ4v) is 1.81. The summed E-state index contributed by atoms with van der Waals surface area (Å²) in [4.78, 5) is 19.7. The van der Waals surface area contributed by atoms with Gasteiger partial charge in [-0.15, -0.1) is 11.3 Å². The van der Waals surface area contributed by atoms with Crippen molar-refractivity contribution in [2.24, 2.45) is 0 Å². The molecule has 0 aliphatic heterocycles. The molecule has 0 unspecified atom stereocenters.